The Labute approximate surface area is 88.0 Å². The monoisotopic (exact) mass is 200 g/mol. The molecule has 2 nitrogen and oxygen atoms in total. The Morgan fingerprint density at radius 1 is 1.21 bits per heavy atom. The van der Waals surface area contributed by atoms with E-state index in [9.17, 15) is 4.79 Å². The van der Waals surface area contributed by atoms with Crippen molar-refractivity contribution in [1.29, 1.82) is 0 Å². The topological polar surface area (TPSA) is 26.3 Å². The van der Waals surface area contributed by atoms with Crippen LogP contribution in [0.15, 0.2) is 0 Å². The molecule has 0 fully saturated rings. The Morgan fingerprint density at radius 3 is 2.07 bits per heavy atom. The lowest BCUT2D eigenvalue weighted by atomic mass is 9.85. The standard InChI is InChI=1S/C12H24O2/c1-9(2)8-11(6-7-13)12(14-5)10(3)4/h7,9-12H,6,8H2,1-5H3. The Hall–Kier alpha value is -0.370. The molecule has 0 aromatic rings. The molecule has 0 heterocycles. The van der Waals surface area contributed by atoms with E-state index in [1.165, 1.54) is 0 Å². The van der Waals surface area contributed by atoms with Gasteiger partial charge in [0, 0.05) is 13.5 Å². The Balaban J connectivity index is 4.34. The maximum Gasteiger partial charge on any atom is 0.120 e. The summed E-state index contributed by atoms with van der Waals surface area (Å²) in [6.45, 7) is 8.66. The third-order valence-electron chi connectivity index (χ3n) is 2.57. The first-order valence-corrected chi connectivity index (χ1v) is 5.49. The van der Waals surface area contributed by atoms with Crippen LogP contribution >= 0.6 is 0 Å². The maximum atomic E-state index is 10.6. The average Bonchev–Trinajstić information content (AvgIpc) is 2.03. The minimum atomic E-state index is 0.211. The van der Waals surface area contributed by atoms with Gasteiger partial charge in [0.15, 0.2) is 0 Å². The summed E-state index contributed by atoms with van der Waals surface area (Å²) in [4.78, 5) is 10.6. The van der Waals surface area contributed by atoms with Crippen LogP contribution in [-0.2, 0) is 9.53 Å². The molecule has 0 aliphatic rings. The molecule has 0 aromatic heterocycles. The van der Waals surface area contributed by atoms with Crippen molar-refractivity contribution in [3.8, 4) is 0 Å². The number of rotatable bonds is 7. The second kappa shape index (κ2) is 6.99. The summed E-state index contributed by atoms with van der Waals surface area (Å²) < 4.78 is 5.47. The van der Waals surface area contributed by atoms with Gasteiger partial charge in [0.05, 0.1) is 6.10 Å². The smallest absolute Gasteiger partial charge is 0.120 e. The highest BCUT2D eigenvalue weighted by molar-refractivity contribution is 5.49. The van der Waals surface area contributed by atoms with Gasteiger partial charge >= 0.3 is 0 Å². The van der Waals surface area contributed by atoms with Crippen LogP contribution < -0.4 is 0 Å². The van der Waals surface area contributed by atoms with Crippen molar-refractivity contribution in [2.24, 2.45) is 17.8 Å². The third kappa shape index (κ3) is 4.75. The van der Waals surface area contributed by atoms with Crippen LogP contribution in [0.5, 0.6) is 0 Å². The van der Waals surface area contributed by atoms with Crippen molar-refractivity contribution in [2.75, 3.05) is 7.11 Å². The van der Waals surface area contributed by atoms with Gasteiger partial charge in [0.1, 0.15) is 6.29 Å². The number of hydrogen-bond acceptors (Lipinski definition) is 2. The van der Waals surface area contributed by atoms with Crippen LogP contribution in [0.4, 0.5) is 0 Å². The van der Waals surface area contributed by atoms with E-state index in [0.29, 0.717) is 24.2 Å². The molecule has 84 valence electrons. The van der Waals surface area contributed by atoms with Gasteiger partial charge in [-0.25, -0.2) is 0 Å². The molecule has 0 aliphatic carbocycles. The highest BCUT2D eigenvalue weighted by Crippen LogP contribution is 2.25. The molecule has 0 saturated carbocycles. The minimum Gasteiger partial charge on any atom is -0.381 e. The van der Waals surface area contributed by atoms with Gasteiger partial charge in [-0.05, 0) is 24.2 Å². The highest BCUT2D eigenvalue weighted by Gasteiger charge is 2.24. The van der Waals surface area contributed by atoms with Crippen molar-refractivity contribution in [3.05, 3.63) is 0 Å². The molecular formula is C12H24O2. The molecule has 0 bridgehead atoms. The summed E-state index contributed by atoms with van der Waals surface area (Å²) in [6.07, 6.45) is 2.91. The van der Waals surface area contributed by atoms with E-state index in [1.807, 2.05) is 0 Å². The minimum absolute atomic E-state index is 0.211. The predicted molar refractivity (Wildman–Crippen MR) is 59.3 cm³/mol. The fourth-order valence-corrected chi connectivity index (χ4v) is 2.10. The van der Waals surface area contributed by atoms with Gasteiger partial charge in [-0.15, -0.1) is 0 Å². The SMILES string of the molecule is COC(C(C)C)C(CC=O)CC(C)C. The molecule has 0 amide bonds. The van der Waals surface area contributed by atoms with Gasteiger partial charge in [0.2, 0.25) is 0 Å². The first kappa shape index (κ1) is 13.6. The summed E-state index contributed by atoms with van der Waals surface area (Å²) in [5.41, 5.74) is 0. The Bertz CT molecular complexity index is 152. The number of carbonyl (C=O) groups excluding carboxylic acids is 1. The lowest BCUT2D eigenvalue weighted by Gasteiger charge is -2.29. The van der Waals surface area contributed by atoms with E-state index < -0.39 is 0 Å². The van der Waals surface area contributed by atoms with Crippen molar-refractivity contribution < 1.29 is 9.53 Å². The molecule has 2 heteroatoms. The Kier molecular flexibility index (Phi) is 6.81. The first-order valence-electron chi connectivity index (χ1n) is 5.49. The molecule has 0 radical (unpaired) electrons. The second-order valence-corrected chi connectivity index (χ2v) is 4.74. The summed E-state index contributed by atoms with van der Waals surface area (Å²) in [5, 5.41) is 0. The number of carbonyl (C=O) groups is 1. The molecule has 2 atom stereocenters. The molecule has 0 aliphatic heterocycles. The fourth-order valence-electron chi connectivity index (χ4n) is 2.10. The van der Waals surface area contributed by atoms with Gasteiger partial charge in [-0.2, -0.15) is 0 Å². The number of aldehydes is 1. The fraction of sp³-hybridized carbons (Fsp3) is 0.917. The van der Waals surface area contributed by atoms with E-state index in [4.69, 9.17) is 4.74 Å². The summed E-state index contributed by atoms with van der Waals surface area (Å²) in [7, 11) is 1.74. The molecule has 0 rings (SSSR count). The zero-order chi connectivity index (χ0) is 11.1. The normalized spacial score (nSPS) is 15.9. The first-order chi connectivity index (χ1) is 6.52. The van der Waals surface area contributed by atoms with Crippen LogP contribution in [-0.4, -0.2) is 19.5 Å². The van der Waals surface area contributed by atoms with Gasteiger partial charge in [0.25, 0.3) is 0 Å². The van der Waals surface area contributed by atoms with Crippen molar-refractivity contribution in [3.63, 3.8) is 0 Å². The van der Waals surface area contributed by atoms with Crippen LogP contribution in [0.25, 0.3) is 0 Å². The third-order valence-corrected chi connectivity index (χ3v) is 2.57. The summed E-state index contributed by atoms with van der Waals surface area (Å²) in [5.74, 6) is 1.47. The van der Waals surface area contributed by atoms with Crippen LogP contribution in [0.1, 0.15) is 40.5 Å². The van der Waals surface area contributed by atoms with E-state index in [1.54, 1.807) is 7.11 Å². The molecule has 2 unspecified atom stereocenters. The second-order valence-electron chi connectivity index (χ2n) is 4.74. The van der Waals surface area contributed by atoms with Gasteiger partial charge in [-0.3, -0.25) is 0 Å². The number of ether oxygens (including phenoxy) is 1. The molecule has 0 aromatic carbocycles. The molecule has 0 saturated heterocycles. The number of methoxy groups -OCH3 is 1. The lowest BCUT2D eigenvalue weighted by molar-refractivity contribution is -0.110. The molecule has 0 N–H and O–H groups in total. The van der Waals surface area contributed by atoms with Crippen LogP contribution in [0, 0.1) is 17.8 Å². The predicted octanol–water partition coefficient (Wildman–Crippen LogP) is 2.91. The zero-order valence-corrected chi connectivity index (χ0v) is 10.1. The van der Waals surface area contributed by atoms with E-state index >= 15 is 0 Å². The van der Waals surface area contributed by atoms with Crippen LogP contribution in [0.3, 0.4) is 0 Å². The molecular weight excluding hydrogens is 176 g/mol. The summed E-state index contributed by atoms with van der Waals surface area (Å²) >= 11 is 0. The van der Waals surface area contributed by atoms with E-state index in [-0.39, 0.29) is 6.10 Å². The van der Waals surface area contributed by atoms with Crippen molar-refractivity contribution >= 4 is 6.29 Å². The maximum absolute atomic E-state index is 10.6. The average molecular weight is 200 g/mol. The van der Waals surface area contributed by atoms with Crippen LogP contribution in [0.2, 0.25) is 0 Å². The summed E-state index contributed by atoms with van der Waals surface area (Å²) in [6, 6.07) is 0. The quantitative estimate of drug-likeness (QED) is 0.591. The molecule has 0 spiro atoms. The largest absolute Gasteiger partial charge is 0.381 e. The van der Waals surface area contributed by atoms with Crippen molar-refractivity contribution in [1.82, 2.24) is 0 Å². The van der Waals surface area contributed by atoms with E-state index in [2.05, 4.69) is 27.7 Å². The van der Waals surface area contributed by atoms with E-state index in [0.717, 1.165) is 12.7 Å². The molecule has 14 heavy (non-hydrogen) atoms. The van der Waals surface area contributed by atoms with Gasteiger partial charge in [-0.1, -0.05) is 27.7 Å². The number of hydrogen-bond donors (Lipinski definition) is 0. The lowest BCUT2D eigenvalue weighted by Crippen LogP contribution is -2.29. The highest BCUT2D eigenvalue weighted by atomic mass is 16.5. The Morgan fingerprint density at radius 2 is 1.79 bits per heavy atom. The zero-order valence-electron chi connectivity index (χ0n) is 10.1. The van der Waals surface area contributed by atoms with Gasteiger partial charge < -0.3 is 9.53 Å². The van der Waals surface area contributed by atoms with Crippen molar-refractivity contribution in [2.45, 2.75) is 46.6 Å².